The summed E-state index contributed by atoms with van der Waals surface area (Å²) >= 11 is 1.49. The van der Waals surface area contributed by atoms with E-state index in [1.165, 1.54) is 23.6 Å². The third-order valence-corrected chi connectivity index (χ3v) is 3.02. The Balaban J connectivity index is 2.12. The average Bonchev–Trinajstić information content (AvgIpc) is 2.91. The van der Waals surface area contributed by atoms with Crippen LogP contribution in [0.2, 0.25) is 0 Å². The van der Waals surface area contributed by atoms with Crippen LogP contribution in [0.1, 0.15) is 11.3 Å². The third-order valence-electron chi connectivity index (χ3n) is 2.38. The molecule has 8 heteroatoms. The third kappa shape index (κ3) is 3.02. The lowest BCUT2D eigenvalue weighted by molar-refractivity contribution is -0.384. The van der Waals surface area contributed by atoms with E-state index in [1.807, 2.05) is 5.38 Å². The first-order chi connectivity index (χ1) is 9.22. The second-order valence-corrected chi connectivity index (χ2v) is 4.30. The van der Waals surface area contributed by atoms with Gasteiger partial charge >= 0.3 is 5.69 Å². The van der Waals surface area contributed by atoms with Crippen molar-refractivity contribution in [3.05, 3.63) is 44.5 Å². The summed E-state index contributed by atoms with van der Waals surface area (Å²) in [6.07, 6.45) is 2.01. The quantitative estimate of drug-likeness (QED) is 0.660. The molecular formula is C11H9N5O2S. The Morgan fingerprint density at radius 1 is 1.53 bits per heavy atom. The van der Waals surface area contributed by atoms with Gasteiger partial charge in [0.15, 0.2) is 0 Å². The minimum absolute atomic E-state index is 0.00356. The molecule has 0 aliphatic rings. The Kier molecular flexibility index (Phi) is 4.00. The Hall–Kier alpha value is -2.53. The van der Waals surface area contributed by atoms with Crippen LogP contribution in [0, 0.1) is 21.4 Å². The first-order valence-electron chi connectivity index (χ1n) is 5.37. The van der Waals surface area contributed by atoms with Crippen molar-refractivity contribution in [2.24, 2.45) is 0 Å². The molecule has 2 heterocycles. The monoisotopic (exact) mass is 275 g/mol. The van der Waals surface area contributed by atoms with Crippen LogP contribution in [0.3, 0.4) is 0 Å². The number of anilines is 1. The molecule has 0 unspecified atom stereocenters. The molecule has 0 saturated carbocycles. The van der Waals surface area contributed by atoms with Gasteiger partial charge in [-0.1, -0.05) is 0 Å². The molecule has 0 aromatic carbocycles. The average molecular weight is 275 g/mol. The lowest BCUT2D eigenvalue weighted by atomic mass is 10.2. The van der Waals surface area contributed by atoms with E-state index in [4.69, 9.17) is 5.26 Å². The van der Waals surface area contributed by atoms with Gasteiger partial charge in [-0.05, 0) is 6.07 Å². The fourth-order valence-electron chi connectivity index (χ4n) is 1.53. The standard InChI is InChI=1S/C11H9N5O2S/c12-5-8-1-3-13-11(10(8)16(17)18)14-4-2-9-6-19-7-15-9/h1,3,6-7H,2,4H2,(H,13,14). The van der Waals surface area contributed by atoms with Crippen LogP contribution < -0.4 is 5.32 Å². The summed E-state index contributed by atoms with van der Waals surface area (Å²) in [6.45, 7) is 0.465. The van der Waals surface area contributed by atoms with E-state index in [0.717, 1.165) is 5.69 Å². The number of rotatable bonds is 5. The zero-order valence-electron chi connectivity index (χ0n) is 9.74. The second-order valence-electron chi connectivity index (χ2n) is 3.58. The molecule has 0 fully saturated rings. The molecule has 0 aliphatic carbocycles. The van der Waals surface area contributed by atoms with Crippen molar-refractivity contribution in [2.75, 3.05) is 11.9 Å². The van der Waals surface area contributed by atoms with Gasteiger partial charge in [-0.2, -0.15) is 5.26 Å². The molecule has 0 bridgehead atoms. The number of nitrogens with zero attached hydrogens (tertiary/aromatic N) is 4. The predicted octanol–water partition coefficient (Wildman–Crippen LogP) is 1.97. The maximum Gasteiger partial charge on any atom is 0.328 e. The van der Waals surface area contributed by atoms with Crippen LogP contribution in [0.25, 0.3) is 0 Å². The molecule has 2 rings (SSSR count). The first-order valence-corrected chi connectivity index (χ1v) is 6.31. The van der Waals surface area contributed by atoms with E-state index < -0.39 is 4.92 Å². The van der Waals surface area contributed by atoms with E-state index >= 15 is 0 Å². The van der Waals surface area contributed by atoms with Gasteiger partial charge in [-0.15, -0.1) is 11.3 Å². The van der Waals surface area contributed by atoms with E-state index in [9.17, 15) is 10.1 Å². The highest BCUT2D eigenvalue weighted by Crippen LogP contribution is 2.25. The maximum absolute atomic E-state index is 11.0. The molecule has 2 aromatic heterocycles. The van der Waals surface area contributed by atoms with Crippen molar-refractivity contribution in [1.29, 1.82) is 5.26 Å². The summed E-state index contributed by atoms with van der Waals surface area (Å²) in [5, 5.41) is 24.6. The summed E-state index contributed by atoms with van der Waals surface area (Å²) in [6, 6.07) is 3.11. The maximum atomic E-state index is 11.0. The van der Waals surface area contributed by atoms with E-state index in [-0.39, 0.29) is 17.1 Å². The van der Waals surface area contributed by atoms with Crippen molar-refractivity contribution < 1.29 is 4.92 Å². The number of nitrogens with one attached hydrogen (secondary N) is 1. The summed E-state index contributed by atoms with van der Waals surface area (Å²) in [4.78, 5) is 18.4. The Labute approximate surface area is 112 Å². The Morgan fingerprint density at radius 3 is 3.00 bits per heavy atom. The van der Waals surface area contributed by atoms with Crippen LogP contribution >= 0.6 is 11.3 Å². The minimum Gasteiger partial charge on any atom is -0.364 e. The largest absolute Gasteiger partial charge is 0.364 e. The van der Waals surface area contributed by atoms with Crippen molar-refractivity contribution in [1.82, 2.24) is 9.97 Å². The SMILES string of the molecule is N#Cc1ccnc(NCCc2cscn2)c1[N+](=O)[O-]. The van der Waals surface area contributed by atoms with Gasteiger partial charge in [0.2, 0.25) is 5.82 Å². The van der Waals surface area contributed by atoms with Crippen molar-refractivity contribution in [3.63, 3.8) is 0 Å². The molecule has 2 aromatic rings. The summed E-state index contributed by atoms with van der Waals surface area (Å²) in [5.41, 5.74) is 2.35. The van der Waals surface area contributed by atoms with Gasteiger partial charge in [-0.3, -0.25) is 10.1 Å². The summed E-state index contributed by atoms with van der Waals surface area (Å²) < 4.78 is 0. The second kappa shape index (κ2) is 5.88. The molecule has 0 aliphatic heterocycles. The molecule has 7 nitrogen and oxygen atoms in total. The van der Waals surface area contributed by atoms with Crippen LogP contribution in [-0.4, -0.2) is 21.4 Å². The number of thiazole rings is 1. The first kappa shape index (κ1) is 12.9. The van der Waals surface area contributed by atoms with Gasteiger partial charge in [0, 0.05) is 24.5 Å². The molecule has 0 spiro atoms. The lowest BCUT2D eigenvalue weighted by Gasteiger charge is -2.05. The van der Waals surface area contributed by atoms with Gasteiger partial charge in [-0.25, -0.2) is 9.97 Å². The zero-order valence-corrected chi connectivity index (χ0v) is 10.6. The summed E-state index contributed by atoms with van der Waals surface area (Å²) in [7, 11) is 0. The fourth-order valence-corrected chi connectivity index (χ4v) is 2.12. The van der Waals surface area contributed by atoms with Crippen LogP contribution in [0.15, 0.2) is 23.2 Å². The molecule has 0 saturated heterocycles. The van der Waals surface area contributed by atoms with Crippen molar-refractivity contribution in [3.8, 4) is 6.07 Å². The number of hydrogen-bond donors (Lipinski definition) is 1. The van der Waals surface area contributed by atoms with Gasteiger partial charge in [0.1, 0.15) is 11.6 Å². The number of pyridine rings is 1. The van der Waals surface area contributed by atoms with Gasteiger partial charge in [0.05, 0.1) is 16.1 Å². The highest BCUT2D eigenvalue weighted by Gasteiger charge is 2.20. The van der Waals surface area contributed by atoms with Gasteiger partial charge < -0.3 is 5.32 Å². The van der Waals surface area contributed by atoms with E-state index in [1.54, 1.807) is 11.6 Å². The molecule has 0 amide bonds. The number of hydrogen-bond acceptors (Lipinski definition) is 7. The highest BCUT2D eigenvalue weighted by molar-refractivity contribution is 7.07. The molecular weight excluding hydrogens is 266 g/mol. The van der Waals surface area contributed by atoms with Crippen molar-refractivity contribution >= 4 is 22.8 Å². The van der Waals surface area contributed by atoms with Crippen LogP contribution in [0.5, 0.6) is 0 Å². The van der Waals surface area contributed by atoms with E-state index in [2.05, 4.69) is 15.3 Å². The fraction of sp³-hybridized carbons (Fsp3) is 0.182. The molecule has 1 N–H and O–H groups in total. The number of nitriles is 1. The molecule has 0 radical (unpaired) electrons. The molecule has 96 valence electrons. The smallest absolute Gasteiger partial charge is 0.328 e. The predicted molar refractivity (Wildman–Crippen MR) is 69.9 cm³/mol. The Bertz CT molecular complexity index is 621. The normalized spacial score (nSPS) is 9.84. The van der Waals surface area contributed by atoms with Crippen LogP contribution in [0.4, 0.5) is 11.5 Å². The lowest BCUT2D eigenvalue weighted by Crippen LogP contribution is -2.09. The van der Waals surface area contributed by atoms with E-state index in [0.29, 0.717) is 13.0 Å². The molecule has 0 atom stereocenters. The van der Waals surface area contributed by atoms with Gasteiger partial charge in [0.25, 0.3) is 0 Å². The Morgan fingerprint density at radius 2 is 2.37 bits per heavy atom. The topological polar surface area (TPSA) is 105 Å². The summed E-state index contributed by atoms with van der Waals surface area (Å²) in [5.74, 6) is 0.110. The molecule has 19 heavy (non-hydrogen) atoms. The van der Waals surface area contributed by atoms with Crippen LogP contribution in [-0.2, 0) is 6.42 Å². The number of nitro groups is 1. The minimum atomic E-state index is -0.600. The zero-order chi connectivity index (χ0) is 13.7. The number of aromatic nitrogens is 2. The van der Waals surface area contributed by atoms with Crippen molar-refractivity contribution in [2.45, 2.75) is 6.42 Å². The highest BCUT2D eigenvalue weighted by atomic mass is 32.1.